The Hall–Kier alpha value is -2.95. The van der Waals surface area contributed by atoms with Crippen molar-refractivity contribution in [2.24, 2.45) is 0 Å². The van der Waals surface area contributed by atoms with Gasteiger partial charge in [-0.15, -0.1) is 0 Å². The van der Waals surface area contributed by atoms with Gasteiger partial charge < -0.3 is 10.1 Å². The molecule has 0 aliphatic heterocycles. The number of nitrogens with one attached hydrogen (secondary N) is 1. The average Bonchev–Trinajstić information content (AvgIpc) is 2.67. The van der Waals surface area contributed by atoms with E-state index in [1.165, 1.54) is 0 Å². The zero-order valence-corrected chi connectivity index (χ0v) is 16.9. The first-order valence-corrected chi connectivity index (χ1v) is 9.46. The first-order valence-electron chi connectivity index (χ1n) is 9.46. The van der Waals surface area contributed by atoms with Gasteiger partial charge in [-0.05, 0) is 49.9 Å². The maximum Gasteiger partial charge on any atom is 0.306 e. The normalized spacial score (nSPS) is 10.4. The molecular formula is C23H27NO4. The van der Waals surface area contributed by atoms with Crippen molar-refractivity contribution < 1.29 is 19.1 Å². The molecule has 0 bridgehead atoms. The van der Waals surface area contributed by atoms with Crippen LogP contribution in [0.4, 0.5) is 5.69 Å². The molecule has 2 aromatic rings. The molecule has 0 aromatic heterocycles. The Kier molecular flexibility index (Phi) is 7.50. The zero-order chi connectivity index (χ0) is 20.7. The number of esters is 1. The molecule has 148 valence electrons. The minimum absolute atomic E-state index is 0.0515. The van der Waals surface area contributed by atoms with Crippen molar-refractivity contribution in [1.82, 2.24) is 0 Å². The second-order valence-electron chi connectivity index (χ2n) is 6.91. The summed E-state index contributed by atoms with van der Waals surface area (Å²) in [7, 11) is 0. The molecule has 5 heteroatoms. The molecule has 1 amide bonds. The number of carbonyl (C=O) groups is 3. The lowest BCUT2D eigenvalue weighted by Gasteiger charge is -2.13. The topological polar surface area (TPSA) is 72.5 Å². The SMILES string of the molecule is CCc1cccc(C)c1NC(=O)COC(=O)CCC(=O)c1cc(C)ccc1C. The summed E-state index contributed by atoms with van der Waals surface area (Å²) in [5.41, 5.74) is 5.24. The second kappa shape index (κ2) is 9.83. The van der Waals surface area contributed by atoms with Gasteiger partial charge >= 0.3 is 5.97 Å². The third kappa shape index (κ3) is 5.78. The summed E-state index contributed by atoms with van der Waals surface area (Å²) in [5.74, 6) is -1.05. The minimum atomic E-state index is -0.561. The Labute approximate surface area is 166 Å². The van der Waals surface area contributed by atoms with Gasteiger partial charge in [0.1, 0.15) is 0 Å². The van der Waals surface area contributed by atoms with Gasteiger partial charge in [0.25, 0.3) is 5.91 Å². The maximum atomic E-state index is 12.3. The fourth-order valence-electron chi connectivity index (χ4n) is 2.98. The highest BCUT2D eigenvalue weighted by atomic mass is 16.5. The predicted octanol–water partition coefficient (Wildman–Crippen LogP) is 4.32. The van der Waals surface area contributed by atoms with Gasteiger partial charge in [0.2, 0.25) is 0 Å². The van der Waals surface area contributed by atoms with Gasteiger partial charge in [-0.2, -0.15) is 0 Å². The fourth-order valence-corrected chi connectivity index (χ4v) is 2.98. The lowest BCUT2D eigenvalue weighted by atomic mass is 9.99. The molecule has 0 aliphatic rings. The number of para-hydroxylation sites is 1. The third-order valence-corrected chi connectivity index (χ3v) is 4.62. The number of anilines is 1. The van der Waals surface area contributed by atoms with Crippen LogP contribution in [-0.4, -0.2) is 24.3 Å². The van der Waals surface area contributed by atoms with Crippen LogP contribution in [0.15, 0.2) is 36.4 Å². The lowest BCUT2D eigenvalue weighted by Crippen LogP contribution is -2.22. The van der Waals surface area contributed by atoms with E-state index in [0.717, 1.165) is 34.4 Å². The van der Waals surface area contributed by atoms with Crippen molar-refractivity contribution >= 4 is 23.3 Å². The number of benzene rings is 2. The molecule has 0 aliphatic carbocycles. The van der Waals surface area contributed by atoms with Crippen LogP contribution >= 0.6 is 0 Å². The van der Waals surface area contributed by atoms with E-state index in [2.05, 4.69) is 5.32 Å². The van der Waals surface area contributed by atoms with E-state index in [0.29, 0.717) is 5.56 Å². The molecule has 1 N–H and O–H groups in total. The van der Waals surface area contributed by atoms with Crippen LogP contribution in [0, 0.1) is 20.8 Å². The number of aryl methyl sites for hydroxylation is 4. The maximum absolute atomic E-state index is 12.3. The van der Waals surface area contributed by atoms with Crippen molar-refractivity contribution in [3.63, 3.8) is 0 Å². The van der Waals surface area contributed by atoms with E-state index in [1.807, 2.05) is 64.1 Å². The van der Waals surface area contributed by atoms with Crippen LogP contribution in [0.25, 0.3) is 0 Å². The molecular weight excluding hydrogens is 354 g/mol. The van der Waals surface area contributed by atoms with E-state index in [1.54, 1.807) is 0 Å². The van der Waals surface area contributed by atoms with Gasteiger partial charge in [-0.3, -0.25) is 14.4 Å². The zero-order valence-electron chi connectivity index (χ0n) is 16.9. The predicted molar refractivity (Wildman–Crippen MR) is 110 cm³/mol. The van der Waals surface area contributed by atoms with E-state index in [4.69, 9.17) is 4.74 Å². The number of rotatable bonds is 8. The largest absolute Gasteiger partial charge is 0.456 e. The summed E-state index contributed by atoms with van der Waals surface area (Å²) in [4.78, 5) is 36.4. The summed E-state index contributed by atoms with van der Waals surface area (Å²) in [6.07, 6.45) is 0.796. The van der Waals surface area contributed by atoms with Crippen LogP contribution in [0.5, 0.6) is 0 Å². The standard InChI is InChI=1S/C23H27NO4/c1-5-18-8-6-7-17(4)23(18)24-21(26)14-28-22(27)12-11-20(25)19-13-15(2)9-10-16(19)3/h6-10,13H,5,11-12,14H2,1-4H3,(H,24,26). The number of ketones is 1. The number of hydrogen-bond acceptors (Lipinski definition) is 4. The first-order chi connectivity index (χ1) is 13.3. The Balaban J connectivity index is 1.83. The smallest absolute Gasteiger partial charge is 0.306 e. The third-order valence-electron chi connectivity index (χ3n) is 4.62. The summed E-state index contributed by atoms with van der Waals surface area (Å²) in [6.45, 7) is 7.35. The first kappa shape index (κ1) is 21.4. The molecule has 0 saturated heterocycles. The summed E-state index contributed by atoms with van der Waals surface area (Å²) < 4.78 is 5.03. The van der Waals surface area contributed by atoms with Crippen molar-refractivity contribution in [3.05, 3.63) is 64.2 Å². The molecule has 28 heavy (non-hydrogen) atoms. The van der Waals surface area contributed by atoms with Crippen LogP contribution in [0.3, 0.4) is 0 Å². The number of hydrogen-bond donors (Lipinski definition) is 1. The van der Waals surface area contributed by atoms with Crippen molar-refractivity contribution in [3.8, 4) is 0 Å². The van der Waals surface area contributed by atoms with E-state index >= 15 is 0 Å². The van der Waals surface area contributed by atoms with Crippen molar-refractivity contribution in [2.45, 2.75) is 47.0 Å². The summed E-state index contributed by atoms with van der Waals surface area (Å²) in [5, 5.41) is 2.81. The monoisotopic (exact) mass is 381 g/mol. The van der Waals surface area contributed by atoms with E-state index < -0.39 is 11.9 Å². The van der Waals surface area contributed by atoms with Crippen LogP contribution in [0.1, 0.15) is 52.4 Å². The highest BCUT2D eigenvalue weighted by Gasteiger charge is 2.14. The number of amides is 1. The fraction of sp³-hybridized carbons (Fsp3) is 0.348. The second-order valence-corrected chi connectivity index (χ2v) is 6.91. The van der Waals surface area contributed by atoms with Gasteiger partial charge in [0.15, 0.2) is 12.4 Å². The Morgan fingerprint density at radius 2 is 1.71 bits per heavy atom. The number of Topliss-reactive ketones (excluding diaryl/α,β-unsaturated/α-hetero) is 1. The molecule has 2 aromatic carbocycles. The van der Waals surface area contributed by atoms with Gasteiger partial charge in [-0.25, -0.2) is 0 Å². The molecule has 0 heterocycles. The molecule has 0 radical (unpaired) electrons. The molecule has 5 nitrogen and oxygen atoms in total. The van der Waals surface area contributed by atoms with E-state index in [-0.39, 0.29) is 25.2 Å². The van der Waals surface area contributed by atoms with Crippen molar-refractivity contribution in [1.29, 1.82) is 0 Å². The molecule has 0 saturated carbocycles. The Morgan fingerprint density at radius 3 is 2.43 bits per heavy atom. The average molecular weight is 381 g/mol. The van der Waals surface area contributed by atoms with Crippen LogP contribution in [0.2, 0.25) is 0 Å². The minimum Gasteiger partial charge on any atom is -0.456 e. The summed E-state index contributed by atoms with van der Waals surface area (Å²) >= 11 is 0. The molecule has 0 fully saturated rings. The Bertz CT molecular complexity index is 886. The van der Waals surface area contributed by atoms with E-state index in [9.17, 15) is 14.4 Å². The van der Waals surface area contributed by atoms with Gasteiger partial charge in [0.05, 0.1) is 6.42 Å². The van der Waals surface area contributed by atoms with Gasteiger partial charge in [0, 0.05) is 17.7 Å². The van der Waals surface area contributed by atoms with Crippen LogP contribution < -0.4 is 5.32 Å². The number of carbonyl (C=O) groups excluding carboxylic acids is 3. The van der Waals surface area contributed by atoms with Crippen molar-refractivity contribution in [2.75, 3.05) is 11.9 Å². The summed E-state index contributed by atoms with van der Waals surface area (Å²) in [6, 6.07) is 11.5. The highest BCUT2D eigenvalue weighted by Crippen LogP contribution is 2.21. The molecule has 0 unspecified atom stereocenters. The highest BCUT2D eigenvalue weighted by molar-refractivity contribution is 5.99. The molecule has 2 rings (SSSR count). The van der Waals surface area contributed by atoms with Crippen LogP contribution in [-0.2, 0) is 20.7 Å². The van der Waals surface area contributed by atoms with Gasteiger partial charge in [-0.1, -0.05) is 42.8 Å². The molecule has 0 atom stereocenters. The molecule has 0 spiro atoms. The lowest BCUT2D eigenvalue weighted by molar-refractivity contribution is -0.147. The number of ether oxygens (including phenoxy) is 1. The Morgan fingerprint density at radius 1 is 0.964 bits per heavy atom. The quantitative estimate of drug-likeness (QED) is 0.546.